The quantitative estimate of drug-likeness (QED) is 0.267. The summed E-state index contributed by atoms with van der Waals surface area (Å²) in [6, 6.07) is 13.4. The van der Waals surface area contributed by atoms with E-state index in [9.17, 15) is 15.0 Å². The molecule has 3 saturated carbocycles. The lowest BCUT2D eigenvalue weighted by Gasteiger charge is -2.25. The standard InChI is InChI=1S/C28H25ClN6O3S/c1-30-26(37)27-13-17(27)20-22(28(20,38)25(27)36)35-14-32-21-23(31-12-11-15-5-3-2-4-6-15)33-19(34-24(21)35)10-8-16-7-9-18(29)39-16/h2-7,9,14,17,20,22,25,36,38H,11-13H2,1H3,(H,30,37)(H,31,33,34)/t17?,20-,22+,25+,27?,28+/m0/s1. The van der Waals surface area contributed by atoms with E-state index < -0.39 is 23.2 Å². The second-order valence-electron chi connectivity index (χ2n) is 10.4. The minimum absolute atomic E-state index is 0.0898. The number of carbonyl (C=O) groups excluding carboxylic acids is 1. The van der Waals surface area contributed by atoms with E-state index in [0.717, 1.165) is 11.3 Å². The van der Waals surface area contributed by atoms with E-state index in [1.54, 1.807) is 19.4 Å². The minimum atomic E-state index is -1.41. The summed E-state index contributed by atoms with van der Waals surface area (Å²) in [7, 11) is 1.56. The largest absolute Gasteiger partial charge is 0.389 e. The third-order valence-electron chi connectivity index (χ3n) is 8.45. The number of halogens is 1. The molecule has 1 aromatic carbocycles. The lowest BCUT2D eigenvalue weighted by Crippen LogP contribution is -2.45. The van der Waals surface area contributed by atoms with Crippen LogP contribution < -0.4 is 10.6 Å². The van der Waals surface area contributed by atoms with Crippen molar-refractivity contribution in [2.24, 2.45) is 17.3 Å². The first-order valence-electron chi connectivity index (χ1n) is 12.8. The number of aromatic nitrogens is 4. The van der Waals surface area contributed by atoms with Gasteiger partial charge in [-0.25, -0.2) is 15.0 Å². The Kier molecular flexibility index (Phi) is 5.51. The van der Waals surface area contributed by atoms with Crippen LogP contribution in [0.1, 0.15) is 28.7 Å². The van der Waals surface area contributed by atoms with Gasteiger partial charge in [-0.3, -0.25) is 4.79 Å². The molecule has 0 radical (unpaired) electrons. The Balaban J connectivity index is 1.23. The number of nitrogens with zero attached hydrogens (tertiary/aromatic N) is 4. The molecule has 39 heavy (non-hydrogen) atoms. The van der Waals surface area contributed by atoms with Crippen LogP contribution in [0.25, 0.3) is 11.2 Å². The van der Waals surface area contributed by atoms with Crippen molar-refractivity contribution in [3.8, 4) is 11.8 Å². The molecular weight excluding hydrogens is 536 g/mol. The lowest BCUT2D eigenvalue weighted by molar-refractivity contribution is -0.134. The highest BCUT2D eigenvalue weighted by Gasteiger charge is 2.91. The van der Waals surface area contributed by atoms with Crippen molar-refractivity contribution in [1.29, 1.82) is 0 Å². The van der Waals surface area contributed by atoms with Crippen LogP contribution >= 0.6 is 22.9 Å². The number of rotatable bonds is 6. The first-order valence-corrected chi connectivity index (χ1v) is 14.0. The second-order valence-corrected chi connectivity index (χ2v) is 12.1. The number of anilines is 1. The normalized spacial score (nSPS) is 29.7. The fourth-order valence-electron chi connectivity index (χ4n) is 6.55. The van der Waals surface area contributed by atoms with Crippen LogP contribution in [0.3, 0.4) is 0 Å². The molecule has 3 heterocycles. The highest BCUT2D eigenvalue weighted by atomic mass is 35.5. The molecule has 198 valence electrons. The molecular formula is C28H25ClN6O3S. The first-order chi connectivity index (χ1) is 18.9. The molecule has 0 aliphatic heterocycles. The van der Waals surface area contributed by atoms with Gasteiger partial charge in [-0.05, 0) is 48.3 Å². The molecule has 7 rings (SSSR count). The average Bonchev–Trinajstić information content (AvgIpc) is 3.64. The van der Waals surface area contributed by atoms with Crippen LogP contribution in [0, 0.1) is 29.1 Å². The maximum Gasteiger partial charge on any atom is 0.229 e. The number of hydrogen-bond donors (Lipinski definition) is 4. The summed E-state index contributed by atoms with van der Waals surface area (Å²) in [5, 5.41) is 28.7. The zero-order valence-corrected chi connectivity index (χ0v) is 22.5. The third-order valence-corrected chi connectivity index (χ3v) is 9.59. The van der Waals surface area contributed by atoms with Gasteiger partial charge in [0.1, 0.15) is 5.60 Å². The molecule has 4 aromatic rings. The minimum Gasteiger partial charge on any atom is -0.389 e. The van der Waals surface area contributed by atoms with Gasteiger partial charge in [0.2, 0.25) is 11.7 Å². The number of carbonyl (C=O) groups is 1. The van der Waals surface area contributed by atoms with Crippen molar-refractivity contribution in [2.45, 2.75) is 30.6 Å². The Morgan fingerprint density at radius 2 is 2.05 bits per heavy atom. The van der Waals surface area contributed by atoms with Gasteiger partial charge in [-0.15, -0.1) is 11.3 Å². The molecule has 9 nitrogen and oxygen atoms in total. The number of fused-ring (bicyclic) bond motifs is 4. The van der Waals surface area contributed by atoms with Gasteiger partial charge in [0.15, 0.2) is 17.0 Å². The average molecular weight is 561 g/mol. The van der Waals surface area contributed by atoms with Crippen molar-refractivity contribution >= 4 is 45.8 Å². The van der Waals surface area contributed by atoms with Crippen LogP contribution in [0.2, 0.25) is 4.34 Å². The van der Waals surface area contributed by atoms with E-state index in [1.807, 2.05) is 28.8 Å². The fourth-order valence-corrected chi connectivity index (χ4v) is 7.45. The van der Waals surface area contributed by atoms with Crippen LogP contribution in [0.15, 0.2) is 48.8 Å². The summed E-state index contributed by atoms with van der Waals surface area (Å²) in [6.07, 6.45) is 1.83. The zero-order valence-electron chi connectivity index (χ0n) is 20.9. The molecule has 3 aliphatic carbocycles. The Morgan fingerprint density at radius 3 is 2.74 bits per heavy atom. The molecule has 0 bridgehead atoms. The predicted octanol–water partition coefficient (Wildman–Crippen LogP) is 2.62. The highest BCUT2D eigenvalue weighted by Crippen LogP contribution is 2.82. The molecule has 11 heteroatoms. The van der Waals surface area contributed by atoms with Crippen LogP contribution in [-0.4, -0.2) is 60.9 Å². The smallest absolute Gasteiger partial charge is 0.229 e. The van der Waals surface area contributed by atoms with E-state index in [0.29, 0.717) is 40.1 Å². The summed E-state index contributed by atoms with van der Waals surface area (Å²) in [6.45, 7) is 0.627. The number of aliphatic hydroxyl groups excluding tert-OH is 1. The van der Waals surface area contributed by atoms with Gasteiger partial charge in [-0.2, -0.15) is 0 Å². The Bertz CT molecular complexity index is 1680. The maximum atomic E-state index is 12.5. The number of aliphatic hydroxyl groups is 2. The summed E-state index contributed by atoms with van der Waals surface area (Å²) >= 11 is 7.43. The first kappa shape index (κ1) is 24.5. The molecule has 1 amide bonds. The summed E-state index contributed by atoms with van der Waals surface area (Å²) in [5.41, 5.74) is -0.0367. The molecule has 3 aromatic heterocycles. The fraction of sp³-hybridized carbons (Fsp3) is 0.357. The molecule has 6 atom stereocenters. The van der Waals surface area contributed by atoms with Gasteiger partial charge in [0, 0.05) is 19.5 Å². The van der Waals surface area contributed by atoms with Gasteiger partial charge >= 0.3 is 0 Å². The topological polar surface area (TPSA) is 125 Å². The number of benzene rings is 1. The second kappa shape index (κ2) is 8.76. The van der Waals surface area contributed by atoms with Gasteiger partial charge in [0.25, 0.3) is 0 Å². The number of nitrogens with one attached hydrogen (secondary N) is 2. The summed E-state index contributed by atoms with van der Waals surface area (Å²) in [5.74, 6) is 6.41. The van der Waals surface area contributed by atoms with Crippen LogP contribution in [0.4, 0.5) is 5.82 Å². The van der Waals surface area contributed by atoms with Crippen molar-refractivity contribution < 1.29 is 15.0 Å². The van der Waals surface area contributed by atoms with Gasteiger partial charge in [0.05, 0.1) is 33.1 Å². The summed E-state index contributed by atoms with van der Waals surface area (Å²) < 4.78 is 2.46. The van der Waals surface area contributed by atoms with E-state index in [2.05, 4.69) is 44.6 Å². The number of thiophene rings is 1. The Morgan fingerprint density at radius 1 is 1.23 bits per heavy atom. The van der Waals surface area contributed by atoms with Crippen LogP contribution in [-0.2, 0) is 11.2 Å². The van der Waals surface area contributed by atoms with E-state index in [1.165, 1.54) is 16.9 Å². The monoisotopic (exact) mass is 560 g/mol. The highest BCUT2D eigenvalue weighted by molar-refractivity contribution is 7.16. The van der Waals surface area contributed by atoms with Crippen molar-refractivity contribution in [2.75, 3.05) is 18.9 Å². The Hall–Kier alpha value is -3.49. The Labute approximate surface area is 233 Å². The van der Waals surface area contributed by atoms with Crippen molar-refractivity contribution in [1.82, 2.24) is 24.8 Å². The number of imidazole rings is 1. The lowest BCUT2D eigenvalue weighted by atomic mass is 9.93. The molecule has 3 fully saturated rings. The molecule has 4 N–H and O–H groups in total. The number of hydrogen-bond acceptors (Lipinski definition) is 8. The van der Waals surface area contributed by atoms with E-state index in [4.69, 9.17) is 16.6 Å². The van der Waals surface area contributed by atoms with Crippen molar-refractivity contribution in [3.63, 3.8) is 0 Å². The zero-order chi connectivity index (χ0) is 26.9. The summed E-state index contributed by atoms with van der Waals surface area (Å²) in [4.78, 5) is 27.3. The third kappa shape index (κ3) is 3.61. The van der Waals surface area contributed by atoms with Crippen molar-refractivity contribution in [3.05, 3.63) is 69.4 Å². The van der Waals surface area contributed by atoms with Gasteiger partial charge in [-0.1, -0.05) is 41.9 Å². The number of amides is 1. The van der Waals surface area contributed by atoms with E-state index in [-0.39, 0.29) is 17.7 Å². The molecule has 0 spiro atoms. The van der Waals surface area contributed by atoms with Gasteiger partial charge < -0.3 is 25.4 Å². The molecule has 3 aliphatic rings. The van der Waals surface area contributed by atoms with E-state index >= 15 is 0 Å². The molecule has 2 unspecified atom stereocenters. The predicted molar refractivity (Wildman–Crippen MR) is 147 cm³/mol. The molecule has 0 saturated heterocycles. The maximum absolute atomic E-state index is 12.5. The van der Waals surface area contributed by atoms with Crippen LogP contribution in [0.5, 0.6) is 0 Å². The SMILES string of the molecule is CNC(=O)C12CC1[C@H]1[C@@H](n3cnc4c(NCCc5ccccc5)nc(C#Cc5ccc(Cl)s5)nc43)[C@@]1(O)[C@@H]2O.